The fraction of sp³-hybridized carbons (Fsp3) is 0.389. The number of rotatable bonds is 7. The highest BCUT2D eigenvalue weighted by Gasteiger charge is 2.30. The number of pyridine rings is 1. The van der Waals surface area contributed by atoms with Crippen LogP contribution in [0.25, 0.3) is 5.65 Å². The summed E-state index contributed by atoms with van der Waals surface area (Å²) < 4.78 is 8.62. The quantitative estimate of drug-likeness (QED) is 0.142. The van der Waals surface area contributed by atoms with Crippen molar-refractivity contribution in [1.82, 2.24) is 25.2 Å². The van der Waals surface area contributed by atoms with Crippen LogP contribution in [0.3, 0.4) is 0 Å². The summed E-state index contributed by atoms with van der Waals surface area (Å²) in [5.74, 6) is 1.93. The van der Waals surface area contributed by atoms with Crippen LogP contribution in [0.5, 0.6) is 5.75 Å². The van der Waals surface area contributed by atoms with Crippen LogP contribution in [-0.4, -0.2) is 44.7 Å². The number of nitrogens with two attached hydrogens (primary N) is 1. The number of amidine groups is 1. The molecule has 2 aliphatic rings. The molecule has 0 bridgehead atoms. The summed E-state index contributed by atoms with van der Waals surface area (Å²) in [7, 11) is 0. The van der Waals surface area contributed by atoms with Crippen molar-refractivity contribution in [2.75, 3.05) is 18.0 Å². The molecular weight excluding hydrogens is 592 g/mol. The van der Waals surface area contributed by atoms with Crippen LogP contribution in [-0.2, 0) is 6.61 Å². The van der Waals surface area contributed by atoms with E-state index in [9.17, 15) is 9.90 Å². The number of urea groups is 1. The van der Waals surface area contributed by atoms with Gasteiger partial charge in [0, 0.05) is 30.3 Å². The molecule has 2 aromatic carbocycles. The standard InChI is InChI=1S/C36H44N8O3/c1-36(2,3)31(37)21-32(38-25-13-11-24(23-45)12-14-25)40-34(46)39-29-16-17-30(28-10-6-5-9-27(28)29)47-26-15-18-33-41-42-35(44(33)22-26)43-19-7-4-8-20-43/h5-6,9-15,18,21-22,29-30,45H,4,7-8,16-17,19-20,23,37H2,1-3H3,(H2,38,39,40,46)/t29-,30+/m0/s1. The zero-order valence-corrected chi connectivity index (χ0v) is 27.3. The van der Waals surface area contributed by atoms with Gasteiger partial charge in [-0.3, -0.25) is 9.72 Å². The predicted octanol–water partition coefficient (Wildman–Crippen LogP) is 6.09. The first-order chi connectivity index (χ1) is 22.7. The summed E-state index contributed by atoms with van der Waals surface area (Å²) in [5, 5.41) is 24.3. The maximum Gasteiger partial charge on any atom is 0.320 e. The Morgan fingerprint density at radius 2 is 1.77 bits per heavy atom. The summed E-state index contributed by atoms with van der Waals surface area (Å²) in [4.78, 5) is 20.4. The van der Waals surface area contributed by atoms with Crippen LogP contribution in [0, 0.1) is 5.41 Å². The Morgan fingerprint density at radius 3 is 2.49 bits per heavy atom. The molecule has 3 heterocycles. The Hall–Kier alpha value is -4.90. The second-order valence-electron chi connectivity index (χ2n) is 13.3. The summed E-state index contributed by atoms with van der Waals surface area (Å²) in [6.07, 6.45) is 8.48. The molecule has 2 atom stereocenters. The Labute approximate surface area is 275 Å². The van der Waals surface area contributed by atoms with Gasteiger partial charge in [0.2, 0.25) is 5.95 Å². The van der Waals surface area contributed by atoms with E-state index >= 15 is 0 Å². The molecule has 0 spiro atoms. The molecule has 11 heteroatoms. The number of aliphatic hydroxyl groups excluding tert-OH is 1. The number of hydrogen-bond acceptors (Lipinski definition) is 8. The number of carbonyl (C=O) groups excluding carboxylic acids is 1. The van der Waals surface area contributed by atoms with Crippen molar-refractivity contribution in [2.45, 2.75) is 71.6 Å². The number of piperidine rings is 1. The number of anilines is 1. The molecule has 47 heavy (non-hydrogen) atoms. The van der Waals surface area contributed by atoms with Gasteiger partial charge in [-0.25, -0.2) is 9.79 Å². The molecule has 6 rings (SSSR count). The molecule has 1 aliphatic carbocycles. The highest BCUT2D eigenvalue weighted by molar-refractivity contribution is 6.05. The third kappa shape index (κ3) is 7.57. The van der Waals surface area contributed by atoms with E-state index < -0.39 is 0 Å². The zero-order chi connectivity index (χ0) is 33.0. The molecule has 1 saturated heterocycles. The molecule has 0 unspecified atom stereocenters. The van der Waals surface area contributed by atoms with Gasteiger partial charge in [-0.2, -0.15) is 0 Å². The average molecular weight is 637 g/mol. The molecule has 0 saturated carbocycles. The second-order valence-corrected chi connectivity index (χ2v) is 13.3. The van der Waals surface area contributed by atoms with Crippen LogP contribution >= 0.6 is 0 Å². The van der Waals surface area contributed by atoms with E-state index in [4.69, 9.17) is 10.5 Å². The molecule has 5 N–H and O–H groups in total. The first kappa shape index (κ1) is 32.1. The lowest BCUT2D eigenvalue weighted by molar-refractivity contribution is 0.171. The summed E-state index contributed by atoms with van der Waals surface area (Å²) in [5.41, 5.74) is 10.9. The van der Waals surface area contributed by atoms with Crippen LogP contribution in [0.4, 0.5) is 16.4 Å². The molecule has 4 aromatic rings. The molecule has 2 aromatic heterocycles. The van der Waals surface area contributed by atoms with Crippen molar-refractivity contribution in [3.05, 3.63) is 95.3 Å². The Morgan fingerprint density at radius 1 is 1.02 bits per heavy atom. The molecule has 1 aliphatic heterocycles. The molecule has 1 fully saturated rings. The predicted molar refractivity (Wildman–Crippen MR) is 184 cm³/mol. The number of carbonyl (C=O) groups is 1. The third-order valence-electron chi connectivity index (χ3n) is 8.78. The number of ether oxygens (including phenoxy) is 1. The van der Waals surface area contributed by atoms with Crippen molar-refractivity contribution in [2.24, 2.45) is 16.1 Å². The monoisotopic (exact) mass is 636 g/mol. The van der Waals surface area contributed by atoms with E-state index in [2.05, 4.69) is 36.8 Å². The Kier molecular flexibility index (Phi) is 9.44. The first-order valence-corrected chi connectivity index (χ1v) is 16.4. The number of fused-ring (bicyclic) bond motifs is 2. The van der Waals surface area contributed by atoms with Crippen LogP contribution in [0.2, 0.25) is 0 Å². The summed E-state index contributed by atoms with van der Waals surface area (Å²) in [6, 6.07) is 18.6. The maximum absolute atomic E-state index is 13.4. The number of aliphatic imine (C=N–C) groups is 1. The van der Waals surface area contributed by atoms with Crippen molar-refractivity contribution in [1.29, 1.82) is 0 Å². The fourth-order valence-corrected chi connectivity index (χ4v) is 6.01. The lowest BCUT2D eigenvalue weighted by Crippen LogP contribution is -2.42. The average Bonchev–Trinajstić information content (AvgIpc) is 3.49. The third-order valence-corrected chi connectivity index (χ3v) is 8.78. The molecular formula is C36H44N8O3. The largest absolute Gasteiger partial charge is 0.484 e. The van der Waals surface area contributed by atoms with Gasteiger partial charge < -0.3 is 25.8 Å². The van der Waals surface area contributed by atoms with E-state index in [-0.39, 0.29) is 30.2 Å². The van der Waals surface area contributed by atoms with Gasteiger partial charge in [0.15, 0.2) is 5.65 Å². The number of aliphatic hydroxyl groups is 1. The smallest absolute Gasteiger partial charge is 0.320 e. The zero-order valence-electron chi connectivity index (χ0n) is 27.3. The number of amides is 2. The van der Waals surface area contributed by atoms with Gasteiger partial charge in [-0.05, 0) is 73.1 Å². The number of nitrogens with one attached hydrogen (secondary N) is 2. The molecule has 11 nitrogen and oxygen atoms in total. The summed E-state index contributed by atoms with van der Waals surface area (Å²) in [6.45, 7) is 7.91. The highest BCUT2D eigenvalue weighted by atomic mass is 16.5. The summed E-state index contributed by atoms with van der Waals surface area (Å²) >= 11 is 0. The van der Waals surface area contributed by atoms with Gasteiger partial charge in [-0.1, -0.05) is 57.2 Å². The van der Waals surface area contributed by atoms with Crippen LogP contribution in [0.15, 0.2) is 83.6 Å². The molecule has 246 valence electrons. The number of allylic oxidation sites excluding steroid dienone is 1. The topological polar surface area (TPSA) is 142 Å². The van der Waals surface area contributed by atoms with Gasteiger partial charge in [0.25, 0.3) is 0 Å². The van der Waals surface area contributed by atoms with E-state index in [0.29, 0.717) is 23.6 Å². The van der Waals surface area contributed by atoms with Crippen molar-refractivity contribution in [3.63, 3.8) is 0 Å². The number of hydrogen-bond donors (Lipinski definition) is 4. The van der Waals surface area contributed by atoms with E-state index in [1.54, 1.807) is 30.3 Å². The van der Waals surface area contributed by atoms with Gasteiger partial charge >= 0.3 is 6.03 Å². The van der Waals surface area contributed by atoms with Crippen molar-refractivity contribution in [3.8, 4) is 5.75 Å². The SMILES string of the molecule is CC(C)(C)C(N)=CC(=Nc1ccc(CO)cc1)NC(=O)N[C@H]1CC[C@@H](Oc2ccc3nnc(N4CCCCC4)n3c2)c2ccccc21. The minimum atomic E-state index is -0.379. The van der Waals surface area contributed by atoms with Crippen LogP contribution in [0.1, 0.15) is 81.7 Å². The first-order valence-electron chi connectivity index (χ1n) is 16.4. The number of nitrogens with zero attached hydrogens (tertiary/aromatic N) is 5. The van der Waals surface area contributed by atoms with E-state index in [1.807, 2.05) is 61.7 Å². The minimum absolute atomic E-state index is 0.0554. The van der Waals surface area contributed by atoms with Gasteiger partial charge in [0.05, 0.1) is 24.5 Å². The number of benzene rings is 2. The van der Waals surface area contributed by atoms with Crippen LogP contribution < -0.4 is 26.0 Å². The molecule has 2 amide bonds. The maximum atomic E-state index is 13.4. The Bertz CT molecular complexity index is 1770. The number of aromatic nitrogens is 3. The van der Waals surface area contributed by atoms with Crippen molar-refractivity contribution < 1.29 is 14.6 Å². The lowest BCUT2D eigenvalue weighted by atomic mass is 9.85. The Balaban J connectivity index is 1.18. The normalized spacial score (nSPS) is 18.9. The minimum Gasteiger partial charge on any atom is -0.484 e. The van der Waals surface area contributed by atoms with Gasteiger partial charge in [-0.15, -0.1) is 10.2 Å². The fourth-order valence-electron chi connectivity index (χ4n) is 6.01. The highest BCUT2D eigenvalue weighted by Crippen LogP contribution is 2.39. The molecule has 0 radical (unpaired) electrons. The lowest BCUT2D eigenvalue weighted by Gasteiger charge is -2.32. The van der Waals surface area contributed by atoms with E-state index in [1.165, 1.54) is 6.42 Å². The van der Waals surface area contributed by atoms with Crippen molar-refractivity contribution >= 4 is 29.1 Å². The van der Waals surface area contributed by atoms with Gasteiger partial charge in [0.1, 0.15) is 17.7 Å². The second kappa shape index (κ2) is 13.8. The van der Waals surface area contributed by atoms with E-state index in [0.717, 1.165) is 66.4 Å².